The van der Waals surface area contributed by atoms with E-state index in [4.69, 9.17) is 4.74 Å². The SMILES string of the molecule is COc1ccc(-c2nn(C)c(C)c2C(=O)O)cc1. The van der Waals surface area contributed by atoms with Gasteiger partial charge in [-0.3, -0.25) is 4.68 Å². The van der Waals surface area contributed by atoms with E-state index in [1.807, 2.05) is 0 Å². The summed E-state index contributed by atoms with van der Waals surface area (Å²) in [5, 5.41) is 13.5. The number of rotatable bonds is 3. The van der Waals surface area contributed by atoms with Crippen LogP contribution in [-0.4, -0.2) is 28.0 Å². The Kier molecular flexibility index (Phi) is 3.06. The van der Waals surface area contributed by atoms with Gasteiger partial charge in [0.15, 0.2) is 0 Å². The summed E-state index contributed by atoms with van der Waals surface area (Å²) >= 11 is 0. The zero-order valence-electron chi connectivity index (χ0n) is 10.5. The van der Waals surface area contributed by atoms with Crippen LogP contribution in [-0.2, 0) is 7.05 Å². The molecule has 1 aromatic carbocycles. The summed E-state index contributed by atoms with van der Waals surface area (Å²) in [7, 11) is 3.32. The van der Waals surface area contributed by atoms with Crippen molar-refractivity contribution in [3.05, 3.63) is 35.5 Å². The first-order valence-corrected chi connectivity index (χ1v) is 5.46. The van der Waals surface area contributed by atoms with Gasteiger partial charge in [-0.15, -0.1) is 0 Å². The molecule has 0 unspecified atom stereocenters. The number of nitrogens with zero attached hydrogens (tertiary/aromatic N) is 2. The van der Waals surface area contributed by atoms with Gasteiger partial charge >= 0.3 is 5.97 Å². The lowest BCUT2D eigenvalue weighted by Gasteiger charge is -2.02. The molecule has 0 fully saturated rings. The minimum absolute atomic E-state index is 0.239. The van der Waals surface area contributed by atoms with E-state index >= 15 is 0 Å². The number of benzene rings is 1. The number of aromatic carboxylic acids is 1. The molecular formula is C13H14N2O3. The lowest BCUT2D eigenvalue weighted by Crippen LogP contribution is -2.00. The van der Waals surface area contributed by atoms with E-state index < -0.39 is 5.97 Å². The normalized spacial score (nSPS) is 10.4. The monoisotopic (exact) mass is 246 g/mol. The van der Waals surface area contributed by atoms with Gasteiger partial charge in [-0.1, -0.05) is 0 Å². The average Bonchev–Trinajstić information content (AvgIpc) is 2.66. The van der Waals surface area contributed by atoms with Crippen LogP contribution in [0.1, 0.15) is 16.1 Å². The van der Waals surface area contributed by atoms with Crippen LogP contribution in [0.2, 0.25) is 0 Å². The minimum atomic E-state index is -0.966. The molecule has 2 aromatic rings. The van der Waals surface area contributed by atoms with Gasteiger partial charge in [-0.05, 0) is 31.2 Å². The van der Waals surface area contributed by atoms with Gasteiger partial charge < -0.3 is 9.84 Å². The highest BCUT2D eigenvalue weighted by Crippen LogP contribution is 2.26. The van der Waals surface area contributed by atoms with Crippen LogP contribution in [0.15, 0.2) is 24.3 Å². The number of carboxylic acid groups (broad SMARTS) is 1. The maximum absolute atomic E-state index is 11.3. The Morgan fingerprint density at radius 2 is 1.94 bits per heavy atom. The number of aryl methyl sites for hydroxylation is 1. The predicted molar refractivity (Wildman–Crippen MR) is 66.9 cm³/mol. The number of carboxylic acids is 1. The third kappa shape index (κ3) is 1.95. The first-order chi connectivity index (χ1) is 8.54. The number of aromatic nitrogens is 2. The summed E-state index contributed by atoms with van der Waals surface area (Å²) < 4.78 is 6.64. The first-order valence-electron chi connectivity index (χ1n) is 5.46. The molecule has 5 heteroatoms. The van der Waals surface area contributed by atoms with Crippen molar-refractivity contribution >= 4 is 5.97 Å². The van der Waals surface area contributed by atoms with E-state index in [1.165, 1.54) is 0 Å². The third-order valence-electron chi connectivity index (χ3n) is 2.91. The van der Waals surface area contributed by atoms with E-state index in [-0.39, 0.29) is 5.56 Å². The number of hydrogen-bond donors (Lipinski definition) is 1. The molecule has 0 atom stereocenters. The molecule has 0 bridgehead atoms. The molecule has 0 aliphatic heterocycles. The fourth-order valence-corrected chi connectivity index (χ4v) is 1.82. The van der Waals surface area contributed by atoms with Crippen molar-refractivity contribution in [2.24, 2.45) is 7.05 Å². The molecule has 0 radical (unpaired) electrons. The van der Waals surface area contributed by atoms with Crippen LogP contribution in [0.3, 0.4) is 0 Å². The van der Waals surface area contributed by atoms with Crippen molar-refractivity contribution in [1.29, 1.82) is 0 Å². The Labute approximate surface area is 105 Å². The Morgan fingerprint density at radius 1 is 1.33 bits per heavy atom. The molecule has 0 saturated heterocycles. The molecule has 0 amide bonds. The molecule has 18 heavy (non-hydrogen) atoms. The van der Waals surface area contributed by atoms with Crippen molar-refractivity contribution < 1.29 is 14.6 Å². The van der Waals surface area contributed by atoms with Crippen LogP contribution in [0.5, 0.6) is 5.75 Å². The van der Waals surface area contributed by atoms with Crippen molar-refractivity contribution in [3.63, 3.8) is 0 Å². The van der Waals surface area contributed by atoms with Crippen molar-refractivity contribution in [2.75, 3.05) is 7.11 Å². The second kappa shape index (κ2) is 4.52. The lowest BCUT2D eigenvalue weighted by molar-refractivity contribution is 0.0697. The predicted octanol–water partition coefficient (Wildman–Crippen LogP) is 2.10. The fourth-order valence-electron chi connectivity index (χ4n) is 1.82. The highest BCUT2D eigenvalue weighted by atomic mass is 16.5. The van der Waals surface area contributed by atoms with Gasteiger partial charge in [0.05, 0.1) is 12.8 Å². The van der Waals surface area contributed by atoms with Gasteiger partial charge in [-0.2, -0.15) is 5.10 Å². The van der Waals surface area contributed by atoms with Crippen molar-refractivity contribution in [2.45, 2.75) is 6.92 Å². The van der Waals surface area contributed by atoms with Gasteiger partial charge in [0.1, 0.15) is 17.0 Å². The van der Waals surface area contributed by atoms with Crippen LogP contribution in [0.4, 0.5) is 0 Å². The average molecular weight is 246 g/mol. The molecular weight excluding hydrogens is 232 g/mol. The standard InChI is InChI=1S/C13H14N2O3/c1-8-11(13(16)17)12(14-15(8)2)9-4-6-10(18-3)7-5-9/h4-7H,1-3H3,(H,16,17). The minimum Gasteiger partial charge on any atom is -0.497 e. The number of hydrogen-bond acceptors (Lipinski definition) is 3. The second-order valence-electron chi connectivity index (χ2n) is 3.97. The number of methoxy groups -OCH3 is 1. The highest BCUT2D eigenvalue weighted by molar-refractivity contribution is 5.96. The summed E-state index contributed by atoms with van der Waals surface area (Å²) in [6.07, 6.45) is 0. The zero-order valence-corrected chi connectivity index (χ0v) is 10.5. The van der Waals surface area contributed by atoms with Gasteiger partial charge in [0.25, 0.3) is 0 Å². The Hall–Kier alpha value is -2.30. The van der Waals surface area contributed by atoms with E-state index in [9.17, 15) is 9.90 Å². The maximum Gasteiger partial charge on any atom is 0.339 e. The van der Waals surface area contributed by atoms with Gasteiger partial charge in [0.2, 0.25) is 0 Å². The summed E-state index contributed by atoms with van der Waals surface area (Å²) in [5.74, 6) is -0.241. The quantitative estimate of drug-likeness (QED) is 0.900. The molecule has 2 rings (SSSR count). The Morgan fingerprint density at radius 3 is 2.44 bits per heavy atom. The largest absolute Gasteiger partial charge is 0.497 e. The summed E-state index contributed by atoms with van der Waals surface area (Å²) in [6.45, 7) is 1.74. The van der Waals surface area contributed by atoms with Gasteiger partial charge in [0, 0.05) is 12.6 Å². The second-order valence-corrected chi connectivity index (χ2v) is 3.97. The molecule has 0 saturated carbocycles. The molecule has 0 spiro atoms. The smallest absolute Gasteiger partial charge is 0.339 e. The zero-order chi connectivity index (χ0) is 13.3. The van der Waals surface area contributed by atoms with E-state index in [0.29, 0.717) is 11.4 Å². The van der Waals surface area contributed by atoms with E-state index in [0.717, 1.165) is 11.3 Å². The van der Waals surface area contributed by atoms with E-state index in [2.05, 4.69) is 5.10 Å². The summed E-state index contributed by atoms with van der Waals surface area (Å²) in [6, 6.07) is 7.16. The topological polar surface area (TPSA) is 64.4 Å². The van der Waals surface area contributed by atoms with Crippen molar-refractivity contribution in [3.8, 4) is 17.0 Å². The Bertz CT molecular complexity index is 585. The van der Waals surface area contributed by atoms with Crippen LogP contribution in [0.25, 0.3) is 11.3 Å². The maximum atomic E-state index is 11.3. The molecule has 1 N–H and O–H groups in total. The number of ether oxygens (including phenoxy) is 1. The Balaban J connectivity index is 2.56. The molecule has 5 nitrogen and oxygen atoms in total. The van der Waals surface area contributed by atoms with Gasteiger partial charge in [-0.25, -0.2) is 4.79 Å². The van der Waals surface area contributed by atoms with E-state index in [1.54, 1.807) is 50.0 Å². The third-order valence-corrected chi connectivity index (χ3v) is 2.91. The fraction of sp³-hybridized carbons (Fsp3) is 0.231. The van der Waals surface area contributed by atoms with Crippen LogP contribution < -0.4 is 4.74 Å². The summed E-state index contributed by atoms with van der Waals surface area (Å²) in [5.41, 5.74) is 2.11. The van der Waals surface area contributed by atoms with Crippen molar-refractivity contribution in [1.82, 2.24) is 9.78 Å². The molecule has 1 heterocycles. The van der Waals surface area contributed by atoms with Crippen LogP contribution >= 0.6 is 0 Å². The number of carbonyl (C=O) groups is 1. The van der Waals surface area contributed by atoms with Crippen LogP contribution in [0, 0.1) is 6.92 Å². The molecule has 1 aromatic heterocycles. The molecule has 0 aliphatic carbocycles. The molecule has 0 aliphatic rings. The lowest BCUT2D eigenvalue weighted by atomic mass is 10.1. The first kappa shape index (κ1) is 12.2. The molecule has 94 valence electrons. The summed E-state index contributed by atoms with van der Waals surface area (Å²) in [4.78, 5) is 11.3. The highest BCUT2D eigenvalue weighted by Gasteiger charge is 2.20.